The molecule has 1 aliphatic carbocycles. The predicted molar refractivity (Wildman–Crippen MR) is 182 cm³/mol. The second-order valence-corrected chi connectivity index (χ2v) is 11.7. The van der Waals surface area contributed by atoms with Gasteiger partial charge >= 0.3 is 0 Å². The first-order chi connectivity index (χ1) is 21.3. The third kappa shape index (κ3) is 3.38. The first-order valence-corrected chi connectivity index (χ1v) is 15.0. The molecule has 0 spiro atoms. The molecule has 0 N–H and O–H groups in total. The van der Waals surface area contributed by atoms with Crippen molar-refractivity contribution in [3.63, 3.8) is 0 Å². The quantitative estimate of drug-likeness (QED) is 0.193. The highest BCUT2D eigenvalue weighted by molar-refractivity contribution is 6.30. The summed E-state index contributed by atoms with van der Waals surface area (Å²) in [5, 5.41) is 7.99. The van der Waals surface area contributed by atoms with Gasteiger partial charge in [0.15, 0.2) is 0 Å². The maximum atomic E-state index is 2.48. The van der Waals surface area contributed by atoms with E-state index in [9.17, 15) is 0 Å². The van der Waals surface area contributed by atoms with Crippen LogP contribution in [-0.4, -0.2) is 0 Å². The van der Waals surface area contributed by atoms with Crippen molar-refractivity contribution in [3.8, 4) is 22.3 Å². The monoisotopic (exact) mass is 544 g/mol. The zero-order valence-electron chi connectivity index (χ0n) is 23.7. The molecule has 0 heterocycles. The molecule has 8 aromatic carbocycles. The lowest BCUT2D eigenvalue weighted by Gasteiger charge is -2.34. The van der Waals surface area contributed by atoms with Crippen molar-refractivity contribution in [3.05, 3.63) is 192 Å². The van der Waals surface area contributed by atoms with Crippen LogP contribution in [0.15, 0.2) is 170 Å². The minimum atomic E-state index is -0.478. The molecular formula is C43H28. The van der Waals surface area contributed by atoms with Gasteiger partial charge in [0, 0.05) is 0 Å². The van der Waals surface area contributed by atoms with Gasteiger partial charge in [-0.15, -0.1) is 0 Å². The molecule has 43 heavy (non-hydrogen) atoms. The zero-order chi connectivity index (χ0) is 28.4. The topological polar surface area (TPSA) is 0 Å². The van der Waals surface area contributed by atoms with Crippen LogP contribution >= 0.6 is 0 Å². The van der Waals surface area contributed by atoms with E-state index in [1.54, 1.807) is 0 Å². The van der Waals surface area contributed by atoms with Crippen molar-refractivity contribution in [2.45, 2.75) is 5.41 Å². The summed E-state index contributed by atoms with van der Waals surface area (Å²) >= 11 is 0. The number of benzene rings is 8. The van der Waals surface area contributed by atoms with E-state index in [2.05, 4.69) is 170 Å². The van der Waals surface area contributed by atoms with E-state index in [0.717, 1.165) is 0 Å². The van der Waals surface area contributed by atoms with Gasteiger partial charge in [0.2, 0.25) is 0 Å². The minimum absolute atomic E-state index is 0.478. The summed E-state index contributed by atoms with van der Waals surface area (Å²) in [5.74, 6) is 0. The summed E-state index contributed by atoms with van der Waals surface area (Å²) in [6.45, 7) is 0. The van der Waals surface area contributed by atoms with Crippen LogP contribution in [0.1, 0.15) is 22.3 Å². The molecule has 0 nitrogen and oxygen atoms in total. The smallest absolute Gasteiger partial charge is 0.0622 e. The summed E-state index contributed by atoms with van der Waals surface area (Å²) in [4.78, 5) is 0. The number of hydrogen-bond donors (Lipinski definition) is 0. The maximum absolute atomic E-state index is 2.48. The molecule has 8 aromatic rings. The van der Waals surface area contributed by atoms with Gasteiger partial charge in [0.05, 0.1) is 5.41 Å². The van der Waals surface area contributed by atoms with E-state index in [1.165, 1.54) is 76.8 Å². The lowest BCUT2D eigenvalue weighted by atomic mass is 9.66. The van der Waals surface area contributed by atoms with Gasteiger partial charge in [0.25, 0.3) is 0 Å². The summed E-state index contributed by atoms with van der Waals surface area (Å²) in [6, 6.07) is 62.8. The van der Waals surface area contributed by atoms with Crippen molar-refractivity contribution in [2.75, 3.05) is 0 Å². The highest BCUT2D eigenvalue weighted by Crippen LogP contribution is 2.58. The number of fused-ring (bicyclic) bond motifs is 3. The summed E-state index contributed by atoms with van der Waals surface area (Å²) in [6.07, 6.45) is 0. The molecule has 0 saturated carbocycles. The molecular weight excluding hydrogens is 516 g/mol. The Bertz CT molecular complexity index is 2130. The largest absolute Gasteiger partial charge is 0.0714 e. The highest BCUT2D eigenvalue weighted by atomic mass is 14.5. The van der Waals surface area contributed by atoms with E-state index >= 15 is 0 Å². The van der Waals surface area contributed by atoms with Crippen LogP contribution in [0.3, 0.4) is 0 Å². The molecule has 0 saturated heterocycles. The predicted octanol–water partition coefficient (Wildman–Crippen LogP) is 11.2. The van der Waals surface area contributed by atoms with Crippen molar-refractivity contribution >= 4 is 32.3 Å². The average Bonchev–Trinajstić information content (AvgIpc) is 3.40. The molecule has 9 rings (SSSR count). The molecule has 1 aliphatic rings. The Morgan fingerprint density at radius 1 is 0.279 bits per heavy atom. The van der Waals surface area contributed by atoms with Crippen LogP contribution in [0.5, 0.6) is 0 Å². The molecule has 0 radical (unpaired) electrons. The molecule has 0 unspecified atom stereocenters. The molecule has 0 bridgehead atoms. The summed E-state index contributed by atoms with van der Waals surface area (Å²) in [7, 11) is 0. The lowest BCUT2D eigenvalue weighted by Crippen LogP contribution is -2.28. The highest BCUT2D eigenvalue weighted by Gasteiger charge is 2.46. The second kappa shape index (κ2) is 9.28. The van der Waals surface area contributed by atoms with Gasteiger partial charge in [-0.1, -0.05) is 146 Å². The van der Waals surface area contributed by atoms with Crippen LogP contribution in [0.4, 0.5) is 0 Å². The Hall–Kier alpha value is -5.46. The van der Waals surface area contributed by atoms with Gasteiger partial charge in [-0.25, -0.2) is 0 Å². The van der Waals surface area contributed by atoms with Gasteiger partial charge in [-0.2, -0.15) is 0 Å². The second-order valence-electron chi connectivity index (χ2n) is 11.7. The molecule has 0 aromatic heterocycles. The van der Waals surface area contributed by atoms with Gasteiger partial charge in [-0.3, -0.25) is 0 Å². The van der Waals surface area contributed by atoms with Crippen LogP contribution < -0.4 is 0 Å². The molecule has 0 heteroatoms. The summed E-state index contributed by atoms with van der Waals surface area (Å²) < 4.78 is 0. The Morgan fingerprint density at radius 2 is 0.628 bits per heavy atom. The van der Waals surface area contributed by atoms with Gasteiger partial charge in [-0.05, 0) is 101 Å². The van der Waals surface area contributed by atoms with E-state index in [-0.39, 0.29) is 0 Å². The van der Waals surface area contributed by atoms with E-state index in [1.807, 2.05) is 0 Å². The molecule has 0 fully saturated rings. The van der Waals surface area contributed by atoms with Gasteiger partial charge < -0.3 is 0 Å². The Morgan fingerprint density at radius 3 is 1.02 bits per heavy atom. The fourth-order valence-electron chi connectivity index (χ4n) is 7.70. The maximum Gasteiger partial charge on any atom is 0.0714 e. The zero-order valence-corrected chi connectivity index (χ0v) is 23.7. The Balaban J connectivity index is 1.56. The van der Waals surface area contributed by atoms with Crippen LogP contribution in [0.25, 0.3) is 54.6 Å². The van der Waals surface area contributed by atoms with E-state index in [0.29, 0.717) is 0 Å². The molecule has 0 amide bonds. The molecule has 200 valence electrons. The molecule has 0 aliphatic heterocycles. The van der Waals surface area contributed by atoms with Crippen LogP contribution in [0, 0.1) is 0 Å². The third-order valence-corrected chi connectivity index (χ3v) is 9.47. The summed E-state index contributed by atoms with van der Waals surface area (Å²) in [5.41, 5.74) is 9.80. The number of hydrogen-bond acceptors (Lipinski definition) is 0. The van der Waals surface area contributed by atoms with Crippen molar-refractivity contribution in [1.82, 2.24) is 0 Å². The number of rotatable bonds is 4. The fourth-order valence-corrected chi connectivity index (χ4v) is 7.70. The first kappa shape index (κ1) is 24.2. The van der Waals surface area contributed by atoms with Gasteiger partial charge in [0.1, 0.15) is 0 Å². The Kier molecular flexibility index (Phi) is 5.21. The van der Waals surface area contributed by atoms with E-state index < -0.39 is 5.41 Å². The van der Waals surface area contributed by atoms with E-state index in [4.69, 9.17) is 0 Å². The standard InChI is InChI=1S/C43H28/c1-5-15-29(16-6-1)31-25-37-35-23-13-14-24-36(35)38-26-32(30-17-7-2-8-18-30)28-40-42(38)41(37)39(27-31)43(40,33-19-9-3-10-20-33)34-21-11-4-12-22-34/h1-28H. The van der Waals surface area contributed by atoms with Crippen LogP contribution in [0.2, 0.25) is 0 Å². The van der Waals surface area contributed by atoms with Crippen molar-refractivity contribution in [1.29, 1.82) is 0 Å². The van der Waals surface area contributed by atoms with Crippen molar-refractivity contribution in [2.24, 2.45) is 0 Å². The first-order valence-electron chi connectivity index (χ1n) is 15.0. The SMILES string of the molecule is c1ccc(-c2cc3c4c(c2)c2ccccc2c2cc(-c5ccccc5)cc(c24)C3(c2ccccc2)c2ccccc2)cc1. The van der Waals surface area contributed by atoms with Crippen molar-refractivity contribution < 1.29 is 0 Å². The minimum Gasteiger partial charge on any atom is -0.0622 e. The fraction of sp³-hybridized carbons (Fsp3) is 0.0233. The Labute approximate surface area is 251 Å². The lowest BCUT2D eigenvalue weighted by molar-refractivity contribution is 0.772. The normalized spacial score (nSPS) is 13.3. The third-order valence-electron chi connectivity index (χ3n) is 9.47. The van der Waals surface area contributed by atoms with Crippen LogP contribution in [-0.2, 0) is 5.41 Å². The average molecular weight is 545 g/mol. The molecule has 0 atom stereocenters.